The highest BCUT2D eigenvalue weighted by Crippen LogP contribution is 2.39. The highest BCUT2D eigenvalue weighted by atomic mass is 19.4. The predicted molar refractivity (Wildman–Crippen MR) is 121 cm³/mol. The molecule has 4 heterocycles. The molecule has 3 atom stereocenters. The number of aromatic nitrogens is 3. The van der Waals surface area contributed by atoms with Gasteiger partial charge < -0.3 is 19.5 Å². The first-order valence-corrected chi connectivity index (χ1v) is 11.9. The van der Waals surface area contributed by atoms with E-state index in [4.69, 9.17) is 4.74 Å². The minimum absolute atomic E-state index is 0.114. The van der Waals surface area contributed by atoms with Crippen molar-refractivity contribution in [2.45, 2.75) is 37.9 Å². The van der Waals surface area contributed by atoms with Gasteiger partial charge in [-0.3, -0.25) is 4.79 Å². The van der Waals surface area contributed by atoms with E-state index in [0.29, 0.717) is 23.7 Å². The smallest absolute Gasteiger partial charge is 0.381 e. The first kappa shape index (κ1) is 23.3. The number of hydrogen-bond acceptors (Lipinski definition) is 6. The van der Waals surface area contributed by atoms with Crippen LogP contribution in [0.2, 0.25) is 0 Å². The summed E-state index contributed by atoms with van der Waals surface area (Å²) >= 11 is 0. The molecule has 0 radical (unpaired) electrons. The van der Waals surface area contributed by atoms with Gasteiger partial charge in [-0.25, -0.2) is 0 Å². The first-order chi connectivity index (χ1) is 16.3. The molecule has 34 heavy (non-hydrogen) atoms. The molecular formula is C24H30F3N5O2. The summed E-state index contributed by atoms with van der Waals surface area (Å²) in [5.41, 5.74) is -1.42. The molecule has 0 spiro atoms. The highest BCUT2D eigenvalue weighted by molar-refractivity contribution is 5.59. The van der Waals surface area contributed by atoms with Crippen LogP contribution in [-0.4, -0.2) is 58.6 Å². The van der Waals surface area contributed by atoms with Crippen molar-refractivity contribution in [3.05, 3.63) is 40.3 Å². The number of aryl methyl sites for hydroxylation is 1. The second-order valence-electron chi connectivity index (χ2n) is 9.97. The number of likely N-dealkylation sites (tertiary alicyclic amines) is 1. The lowest BCUT2D eigenvalue weighted by atomic mass is 10.00. The van der Waals surface area contributed by atoms with Gasteiger partial charge in [0.1, 0.15) is 5.82 Å². The Kier molecular flexibility index (Phi) is 6.37. The number of nitrogens with zero attached hydrogens (tertiary/aromatic N) is 4. The fourth-order valence-corrected chi connectivity index (χ4v) is 5.77. The minimum Gasteiger partial charge on any atom is -0.381 e. The van der Waals surface area contributed by atoms with Crippen LogP contribution in [-0.2, 0) is 18.0 Å². The van der Waals surface area contributed by atoms with E-state index in [0.717, 1.165) is 74.7 Å². The molecule has 7 nitrogen and oxygen atoms in total. The van der Waals surface area contributed by atoms with E-state index in [2.05, 4.69) is 20.4 Å². The van der Waals surface area contributed by atoms with E-state index in [1.165, 1.54) is 13.6 Å². The van der Waals surface area contributed by atoms with Gasteiger partial charge in [0.05, 0.1) is 16.8 Å². The molecule has 3 fully saturated rings. The largest absolute Gasteiger partial charge is 0.417 e. The topological polar surface area (TPSA) is 72.3 Å². The van der Waals surface area contributed by atoms with Crippen LogP contribution >= 0.6 is 0 Å². The lowest BCUT2D eigenvalue weighted by Gasteiger charge is -2.27. The van der Waals surface area contributed by atoms with Gasteiger partial charge in [0.25, 0.3) is 5.56 Å². The van der Waals surface area contributed by atoms with Gasteiger partial charge in [0.2, 0.25) is 0 Å². The van der Waals surface area contributed by atoms with Crippen LogP contribution in [0.4, 0.5) is 19.0 Å². The number of alkyl halides is 3. The molecule has 0 aromatic carbocycles. The van der Waals surface area contributed by atoms with Gasteiger partial charge in [0, 0.05) is 52.1 Å². The van der Waals surface area contributed by atoms with Crippen LogP contribution in [0.15, 0.2) is 29.2 Å². The average molecular weight is 478 g/mol. The second kappa shape index (κ2) is 9.30. The average Bonchev–Trinajstić information content (AvgIpc) is 3.34. The Morgan fingerprint density at radius 2 is 1.82 bits per heavy atom. The van der Waals surface area contributed by atoms with E-state index < -0.39 is 17.3 Å². The molecule has 2 aliphatic heterocycles. The van der Waals surface area contributed by atoms with Gasteiger partial charge >= 0.3 is 6.18 Å². The van der Waals surface area contributed by atoms with Gasteiger partial charge in [-0.2, -0.15) is 13.2 Å². The molecular weight excluding hydrogens is 447 g/mol. The maximum Gasteiger partial charge on any atom is 0.417 e. The third-order valence-corrected chi connectivity index (χ3v) is 7.49. The van der Waals surface area contributed by atoms with Crippen molar-refractivity contribution >= 4 is 5.82 Å². The Hall–Kier alpha value is -2.46. The Labute approximate surface area is 196 Å². The Bertz CT molecular complexity index is 1050. The Morgan fingerprint density at radius 3 is 2.44 bits per heavy atom. The zero-order chi connectivity index (χ0) is 23.9. The summed E-state index contributed by atoms with van der Waals surface area (Å²) in [5.74, 6) is 2.69. The molecule has 2 saturated heterocycles. The summed E-state index contributed by atoms with van der Waals surface area (Å²) in [5, 5.41) is 11.6. The molecule has 0 amide bonds. The number of ether oxygens (including phenoxy) is 1. The molecule has 2 aromatic rings. The SMILES string of the molecule is Cn1cc(C(F)(F)F)cc(-c2ccc(N[C@H]3C[C@@H]4CN(CC5CCOCC5)C[C@@H]4C3)nn2)c1=O. The summed E-state index contributed by atoms with van der Waals surface area (Å²) in [6.45, 7) is 5.24. The van der Waals surface area contributed by atoms with Gasteiger partial charge in [-0.05, 0) is 61.6 Å². The molecule has 0 unspecified atom stereocenters. The van der Waals surface area contributed by atoms with Crippen LogP contribution in [0.25, 0.3) is 11.3 Å². The zero-order valence-electron chi connectivity index (χ0n) is 19.2. The number of nitrogens with one attached hydrogen (secondary N) is 1. The molecule has 5 rings (SSSR count). The summed E-state index contributed by atoms with van der Waals surface area (Å²) < 4.78 is 45.9. The fraction of sp³-hybridized carbons (Fsp3) is 0.625. The maximum absolute atomic E-state index is 13.2. The predicted octanol–water partition coefficient (Wildman–Crippen LogP) is 3.41. The number of halogens is 3. The van der Waals surface area contributed by atoms with E-state index >= 15 is 0 Å². The van der Waals surface area contributed by atoms with Crippen LogP contribution in [0.3, 0.4) is 0 Å². The molecule has 10 heteroatoms. The molecule has 1 N–H and O–H groups in total. The summed E-state index contributed by atoms with van der Waals surface area (Å²) in [7, 11) is 1.30. The number of hydrogen-bond donors (Lipinski definition) is 1. The monoisotopic (exact) mass is 477 g/mol. The molecule has 0 bridgehead atoms. The van der Waals surface area contributed by atoms with Crippen LogP contribution in [0.5, 0.6) is 0 Å². The van der Waals surface area contributed by atoms with E-state index in [1.807, 2.05) is 0 Å². The van der Waals surface area contributed by atoms with Crippen LogP contribution < -0.4 is 10.9 Å². The van der Waals surface area contributed by atoms with Gasteiger partial charge in [0.15, 0.2) is 0 Å². The van der Waals surface area contributed by atoms with Crippen molar-refractivity contribution in [1.82, 2.24) is 19.7 Å². The maximum atomic E-state index is 13.2. The minimum atomic E-state index is -4.55. The number of rotatable bonds is 5. The third-order valence-electron chi connectivity index (χ3n) is 7.49. The first-order valence-electron chi connectivity index (χ1n) is 11.9. The molecule has 184 valence electrons. The Balaban J connectivity index is 1.19. The zero-order valence-corrected chi connectivity index (χ0v) is 19.2. The second-order valence-corrected chi connectivity index (χ2v) is 9.97. The fourth-order valence-electron chi connectivity index (χ4n) is 5.77. The normalized spacial score (nSPS) is 26.1. The molecule has 3 aliphatic rings. The molecule has 2 aromatic heterocycles. The summed E-state index contributed by atoms with van der Waals surface area (Å²) in [4.78, 5) is 15.0. The number of anilines is 1. The van der Waals surface area contributed by atoms with Gasteiger partial charge in [-0.1, -0.05) is 0 Å². The van der Waals surface area contributed by atoms with Crippen molar-refractivity contribution in [3.63, 3.8) is 0 Å². The lowest BCUT2D eigenvalue weighted by Crippen LogP contribution is -2.32. The summed E-state index contributed by atoms with van der Waals surface area (Å²) in [6.07, 6.45) is 0.723. The standard InChI is InChI=1S/C24H30F3N5O2/c1-31-14-18(24(25,26)27)10-20(23(31)33)21-2-3-22(30-29-21)28-19-8-16-12-32(13-17(16)9-19)11-15-4-6-34-7-5-15/h2-3,10,14-17,19H,4-9,11-13H2,1H3,(H,28,30)/t16-,17+,19+. The quantitative estimate of drug-likeness (QED) is 0.712. The van der Waals surface area contributed by atoms with E-state index in [-0.39, 0.29) is 11.3 Å². The van der Waals surface area contributed by atoms with Crippen LogP contribution in [0, 0.1) is 17.8 Å². The Morgan fingerprint density at radius 1 is 1.12 bits per heavy atom. The van der Waals surface area contributed by atoms with E-state index in [9.17, 15) is 18.0 Å². The summed E-state index contributed by atoms with van der Waals surface area (Å²) in [6, 6.07) is 4.39. The van der Waals surface area contributed by atoms with Crippen molar-refractivity contribution < 1.29 is 17.9 Å². The number of pyridine rings is 1. The van der Waals surface area contributed by atoms with Gasteiger partial charge in [-0.15, -0.1) is 10.2 Å². The van der Waals surface area contributed by atoms with Crippen molar-refractivity contribution in [3.8, 4) is 11.3 Å². The molecule has 1 aliphatic carbocycles. The highest BCUT2D eigenvalue weighted by Gasteiger charge is 2.41. The van der Waals surface area contributed by atoms with Crippen molar-refractivity contribution in [1.29, 1.82) is 0 Å². The lowest BCUT2D eigenvalue weighted by molar-refractivity contribution is -0.138. The van der Waals surface area contributed by atoms with Crippen molar-refractivity contribution in [2.24, 2.45) is 24.8 Å². The molecule has 1 saturated carbocycles. The van der Waals surface area contributed by atoms with Crippen molar-refractivity contribution in [2.75, 3.05) is 38.2 Å². The van der Waals surface area contributed by atoms with E-state index in [1.54, 1.807) is 12.1 Å². The third kappa shape index (κ3) is 4.98. The number of fused-ring (bicyclic) bond motifs is 1. The van der Waals surface area contributed by atoms with Crippen LogP contribution in [0.1, 0.15) is 31.2 Å².